The van der Waals surface area contributed by atoms with E-state index in [0.29, 0.717) is 5.92 Å². The van der Waals surface area contributed by atoms with Crippen LogP contribution in [-0.4, -0.2) is 33.0 Å². The fourth-order valence-electron chi connectivity index (χ4n) is 1.90. The molecule has 3 N–H and O–H groups in total. The molecule has 1 aliphatic rings. The topological polar surface area (TPSA) is 95.1 Å². The van der Waals surface area contributed by atoms with Gasteiger partial charge in [0.05, 0.1) is 6.33 Å². The van der Waals surface area contributed by atoms with Crippen molar-refractivity contribution in [3.05, 3.63) is 17.7 Å². The van der Waals surface area contributed by atoms with Gasteiger partial charge in [0.25, 0.3) is 5.91 Å². The molecule has 86 valence electrons. The number of imidazole rings is 1. The number of aromatic nitrogens is 2. The van der Waals surface area contributed by atoms with Gasteiger partial charge in [0.2, 0.25) is 0 Å². The van der Waals surface area contributed by atoms with Gasteiger partial charge < -0.3 is 15.4 Å². The number of amides is 1. The predicted molar refractivity (Wildman–Crippen MR) is 55.2 cm³/mol. The molecule has 0 bridgehead atoms. The number of nitrogens with one attached hydrogen (secondary N) is 2. The van der Waals surface area contributed by atoms with Gasteiger partial charge in [-0.1, -0.05) is 6.92 Å². The third-order valence-electron chi connectivity index (χ3n) is 2.78. The van der Waals surface area contributed by atoms with Crippen molar-refractivity contribution in [2.75, 3.05) is 0 Å². The minimum atomic E-state index is -1.18. The molecule has 2 rings (SSSR count). The Morgan fingerprint density at radius 2 is 2.25 bits per heavy atom. The number of H-pyrrole nitrogens is 1. The third-order valence-corrected chi connectivity index (χ3v) is 2.78. The lowest BCUT2D eigenvalue weighted by molar-refractivity contribution is 0.0683. The summed E-state index contributed by atoms with van der Waals surface area (Å²) in [6, 6.07) is 0.154. The molecule has 0 saturated heterocycles. The molecule has 0 unspecified atom stereocenters. The molecule has 6 heteroatoms. The van der Waals surface area contributed by atoms with Crippen LogP contribution in [0.4, 0.5) is 0 Å². The van der Waals surface area contributed by atoms with Crippen molar-refractivity contribution in [2.45, 2.75) is 25.8 Å². The number of nitrogens with zero attached hydrogens (tertiary/aromatic N) is 1. The number of carboxylic acid groups (broad SMARTS) is 1. The summed E-state index contributed by atoms with van der Waals surface area (Å²) in [6.07, 6.45) is 3.10. The monoisotopic (exact) mass is 223 g/mol. The van der Waals surface area contributed by atoms with Crippen LogP contribution in [0.3, 0.4) is 0 Å². The van der Waals surface area contributed by atoms with Crippen LogP contribution >= 0.6 is 0 Å². The molecule has 1 fully saturated rings. The van der Waals surface area contributed by atoms with Crippen molar-refractivity contribution in [1.29, 1.82) is 0 Å². The Balaban J connectivity index is 2.03. The summed E-state index contributed by atoms with van der Waals surface area (Å²) in [6.45, 7) is 2.11. The Morgan fingerprint density at radius 1 is 1.56 bits per heavy atom. The average molecular weight is 223 g/mol. The van der Waals surface area contributed by atoms with Crippen molar-refractivity contribution in [3.63, 3.8) is 0 Å². The molecule has 1 heterocycles. The Bertz CT molecular complexity index is 421. The van der Waals surface area contributed by atoms with Crippen LogP contribution in [0, 0.1) is 5.92 Å². The molecule has 1 saturated carbocycles. The fraction of sp³-hybridized carbons (Fsp3) is 0.500. The smallest absolute Gasteiger partial charge is 0.354 e. The van der Waals surface area contributed by atoms with Crippen LogP contribution < -0.4 is 5.32 Å². The second-order valence-corrected chi connectivity index (χ2v) is 4.18. The fourth-order valence-corrected chi connectivity index (χ4v) is 1.90. The van der Waals surface area contributed by atoms with E-state index in [4.69, 9.17) is 5.11 Å². The number of hydrogen-bond donors (Lipinski definition) is 3. The Kier molecular flexibility index (Phi) is 2.64. The van der Waals surface area contributed by atoms with Crippen LogP contribution in [-0.2, 0) is 0 Å². The quantitative estimate of drug-likeness (QED) is 0.700. The molecular formula is C10H13N3O3. The number of carboxylic acids is 1. The maximum atomic E-state index is 11.7. The van der Waals surface area contributed by atoms with Gasteiger partial charge in [-0.15, -0.1) is 0 Å². The molecule has 1 aromatic heterocycles. The SMILES string of the molecule is CC1CC(NC(=O)c2nc[nH]c2C(=O)O)C1. The average Bonchev–Trinajstić information content (AvgIpc) is 2.63. The van der Waals surface area contributed by atoms with Gasteiger partial charge >= 0.3 is 5.97 Å². The summed E-state index contributed by atoms with van der Waals surface area (Å²) >= 11 is 0. The van der Waals surface area contributed by atoms with Crippen molar-refractivity contribution in [3.8, 4) is 0 Å². The molecule has 0 aliphatic heterocycles. The maximum absolute atomic E-state index is 11.7. The van der Waals surface area contributed by atoms with E-state index in [-0.39, 0.29) is 17.4 Å². The van der Waals surface area contributed by atoms with Gasteiger partial charge in [0.15, 0.2) is 11.4 Å². The molecule has 0 spiro atoms. The zero-order valence-electron chi connectivity index (χ0n) is 8.86. The van der Waals surface area contributed by atoms with Crippen LogP contribution in [0.1, 0.15) is 40.7 Å². The first-order valence-corrected chi connectivity index (χ1v) is 5.15. The largest absolute Gasteiger partial charge is 0.477 e. The standard InChI is InChI=1S/C10H13N3O3/c1-5-2-6(3-5)13-9(14)7-8(10(15)16)12-4-11-7/h4-6H,2-3H2,1H3,(H,11,12)(H,13,14)(H,15,16). The lowest BCUT2D eigenvalue weighted by atomic mass is 9.82. The first-order valence-electron chi connectivity index (χ1n) is 5.15. The minimum Gasteiger partial charge on any atom is -0.477 e. The van der Waals surface area contributed by atoms with E-state index in [1.807, 2.05) is 0 Å². The highest BCUT2D eigenvalue weighted by atomic mass is 16.4. The van der Waals surface area contributed by atoms with Gasteiger partial charge in [-0.2, -0.15) is 0 Å². The van der Waals surface area contributed by atoms with E-state index in [1.165, 1.54) is 6.33 Å². The zero-order chi connectivity index (χ0) is 11.7. The van der Waals surface area contributed by atoms with Crippen molar-refractivity contribution in [2.24, 2.45) is 5.92 Å². The third kappa shape index (κ3) is 1.91. The highest BCUT2D eigenvalue weighted by molar-refractivity contribution is 6.02. The summed E-state index contributed by atoms with van der Waals surface area (Å²) in [7, 11) is 0. The molecule has 0 atom stereocenters. The Morgan fingerprint density at radius 3 is 2.81 bits per heavy atom. The lowest BCUT2D eigenvalue weighted by Gasteiger charge is -2.32. The predicted octanol–water partition coefficient (Wildman–Crippen LogP) is 0.636. The number of hydrogen-bond acceptors (Lipinski definition) is 3. The Hall–Kier alpha value is -1.85. The summed E-state index contributed by atoms with van der Waals surface area (Å²) in [5, 5.41) is 11.6. The van der Waals surface area contributed by atoms with Gasteiger partial charge in [-0.05, 0) is 18.8 Å². The van der Waals surface area contributed by atoms with E-state index < -0.39 is 11.9 Å². The maximum Gasteiger partial charge on any atom is 0.354 e. The lowest BCUT2D eigenvalue weighted by Crippen LogP contribution is -2.43. The summed E-state index contributed by atoms with van der Waals surface area (Å²) in [4.78, 5) is 28.6. The highest BCUT2D eigenvalue weighted by Gasteiger charge is 2.29. The van der Waals surface area contributed by atoms with Crippen molar-refractivity contribution >= 4 is 11.9 Å². The number of aromatic carboxylic acids is 1. The van der Waals surface area contributed by atoms with Crippen LogP contribution in [0.25, 0.3) is 0 Å². The second-order valence-electron chi connectivity index (χ2n) is 4.18. The highest BCUT2D eigenvalue weighted by Crippen LogP contribution is 2.26. The molecule has 1 aromatic rings. The van der Waals surface area contributed by atoms with Gasteiger partial charge in [-0.25, -0.2) is 9.78 Å². The summed E-state index contributed by atoms with van der Waals surface area (Å²) in [5.41, 5.74) is -0.211. The number of carbonyl (C=O) groups excluding carboxylic acids is 1. The van der Waals surface area contributed by atoms with Crippen LogP contribution in [0.2, 0.25) is 0 Å². The minimum absolute atomic E-state index is 0.0490. The van der Waals surface area contributed by atoms with Gasteiger partial charge in [0, 0.05) is 6.04 Å². The van der Waals surface area contributed by atoms with E-state index >= 15 is 0 Å². The molecule has 1 aliphatic carbocycles. The first kappa shape index (κ1) is 10.7. The van der Waals surface area contributed by atoms with Crippen LogP contribution in [0.15, 0.2) is 6.33 Å². The van der Waals surface area contributed by atoms with E-state index in [0.717, 1.165) is 12.8 Å². The molecule has 0 aromatic carbocycles. The molecule has 16 heavy (non-hydrogen) atoms. The van der Waals surface area contributed by atoms with Crippen LogP contribution in [0.5, 0.6) is 0 Å². The first-order chi connectivity index (χ1) is 7.58. The molecule has 1 amide bonds. The summed E-state index contributed by atoms with van der Waals surface area (Å²) < 4.78 is 0. The molecular weight excluding hydrogens is 210 g/mol. The van der Waals surface area contributed by atoms with Gasteiger partial charge in [-0.3, -0.25) is 4.79 Å². The van der Waals surface area contributed by atoms with E-state index in [9.17, 15) is 9.59 Å². The number of rotatable bonds is 3. The van der Waals surface area contributed by atoms with E-state index in [2.05, 4.69) is 22.2 Å². The second kappa shape index (κ2) is 3.96. The zero-order valence-corrected chi connectivity index (χ0v) is 8.86. The molecule has 6 nitrogen and oxygen atoms in total. The van der Waals surface area contributed by atoms with Crippen molar-refractivity contribution in [1.82, 2.24) is 15.3 Å². The number of aromatic amines is 1. The van der Waals surface area contributed by atoms with Gasteiger partial charge in [0.1, 0.15) is 0 Å². The number of carbonyl (C=O) groups is 2. The summed E-state index contributed by atoms with van der Waals surface area (Å²) in [5.74, 6) is -0.969. The normalized spacial score (nSPS) is 23.6. The van der Waals surface area contributed by atoms with Crippen molar-refractivity contribution < 1.29 is 14.7 Å². The molecule has 0 radical (unpaired) electrons. The Labute approximate surface area is 92.1 Å². The van der Waals surface area contributed by atoms with E-state index in [1.54, 1.807) is 0 Å².